The summed E-state index contributed by atoms with van der Waals surface area (Å²) in [6.07, 6.45) is 3.06. The second-order valence-corrected chi connectivity index (χ2v) is 5.65. The molecule has 0 saturated carbocycles. The Kier molecular flexibility index (Phi) is 4.09. The summed E-state index contributed by atoms with van der Waals surface area (Å²) in [6, 6.07) is 20.9. The highest BCUT2D eigenvalue weighted by atomic mass is 19.1. The van der Waals surface area contributed by atoms with Gasteiger partial charge in [-0.15, -0.1) is 0 Å². The van der Waals surface area contributed by atoms with Crippen molar-refractivity contribution in [1.82, 2.24) is 9.97 Å². The van der Waals surface area contributed by atoms with Crippen LogP contribution in [0.3, 0.4) is 0 Å². The van der Waals surface area contributed by atoms with Crippen LogP contribution in [0.4, 0.5) is 4.39 Å². The smallest absolute Gasteiger partial charge is 0.154 e. The Hall–Kier alpha value is -3.27. The van der Waals surface area contributed by atoms with Crippen LogP contribution in [-0.2, 0) is 0 Å². The third kappa shape index (κ3) is 3.06. The van der Waals surface area contributed by atoms with Crippen LogP contribution in [0.5, 0.6) is 0 Å². The SMILES string of the molecule is FC(c1cncnc1)c1ccccc1-c1ccc(-c2ccccc2)o1. The molecule has 1 atom stereocenters. The van der Waals surface area contributed by atoms with E-state index in [9.17, 15) is 0 Å². The molecule has 4 heteroatoms. The van der Waals surface area contributed by atoms with Crippen molar-refractivity contribution in [3.8, 4) is 22.6 Å². The third-order valence-corrected chi connectivity index (χ3v) is 4.04. The van der Waals surface area contributed by atoms with Gasteiger partial charge in [-0.3, -0.25) is 0 Å². The molecular weight excluding hydrogens is 315 g/mol. The van der Waals surface area contributed by atoms with E-state index < -0.39 is 6.17 Å². The number of hydrogen-bond acceptors (Lipinski definition) is 3. The number of nitrogens with zero attached hydrogens (tertiary/aromatic N) is 2. The molecule has 0 fully saturated rings. The maximum atomic E-state index is 15.0. The van der Waals surface area contributed by atoms with Crippen molar-refractivity contribution in [3.05, 3.63) is 96.6 Å². The minimum absolute atomic E-state index is 0.421. The van der Waals surface area contributed by atoms with E-state index in [1.54, 1.807) is 6.07 Å². The maximum Gasteiger partial charge on any atom is 0.154 e. The maximum absolute atomic E-state index is 15.0. The van der Waals surface area contributed by atoms with Crippen LogP contribution in [0.2, 0.25) is 0 Å². The molecule has 0 amide bonds. The van der Waals surface area contributed by atoms with Crippen molar-refractivity contribution in [1.29, 1.82) is 0 Å². The zero-order valence-corrected chi connectivity index (χ0v) is 13.3. The quantitative estimate of drug-likeness (QED) is 0.498. The first kappa shape index (κ1) is 15.3. The summed E-state index contributed by atoms with van der Waals surface area (Å²) < 4.78 is 21.0. The number of aromatic nitrogens is 2. The molecule has 1 unspecified atom stereocenters. The van der Waals surface area contributed by atoms with Gasteiger partial charge in [0.1, 0.15) is 17.8 Å². The monoisotopic (exact) mass is 330 g/mol. The second-order valence-electron chi connectivity index (χ2n) is 5.65. The summed E-state index contributed by atoms with van der Waals surface area (Å²) >= 11 is 0. The lowest BCUT2D eigenvalue weighted by Crippen LogP contribution is -1.98. The first-order valence-electron chi connectivity index (χ1n) is 7.96. The van der Waals surface area contributed by atoms with Crippen molar-refractivity contribution in [2.75, 3.05) is 0 Å². The molecule has 2 aromatic carbocycles. The van der Waals surface area contributed by atoms with E-state index in [1.165, 1.54) is 18.7 Å². The molecule has 3 nitrogen and oxygen atoms in total. The minimum atomic E-state index is -1.32. The molecule has 0 N–H and O–H groups in total. The topological polar surface area (TPSA) is 38.9 Å². The molecule has 2 heterocycles. The van der Waals surface area contributed by atoms with Gasteiger partial charge in [0.25, 0.3) is 0 Å². The third-order valence-electron chi connectivity index (χ3n) is 4.04. The summed E-state index contributed by atoms with van der Waals surface area (Å²) in [5.74, 6) is 1.39. The molecule has 122 valence electrons. The van der Waals surface area contributed by atoms with Gasteiger partial charge in [-0.25, -0.2) is 14.4 Å². The predicted octanol–water partition coefficient (Wildman–Crippen LogP) is 5.46. The minimum Gasteiger partial charge on any atom is -0.456 e. The van der Waals surface area contributed by atoms with Crippen molar-refractivity contribution in [2.24, 2.45) is 0 Å². The van der Waals surface area contributed by atoms with Crippen molar-refractivity contribution in [2.45, 2.75) is 6.17 Å². The van der Waals surface area contributed by atoms with Crippen LogP contribution in [-0.4, -0.2) is 9.97 Å². The molecule has 0 aliphatic rings. The average Bonchev–Trinajstić information content (AvgIpc) is 3.19. The number of furan rings is 1. The molecule has 0 radical (unpaired) electrons. The fraction of sp³-hybridized carbons (Fsp3) is 0.0476. The van der Waals surface area contributed by atoms with E-state index in [0.717, 1.165) is 16.9 Å². The summed E-state index contributed by atoms with van der Waals surface area (Å²) in [5, 5.41) is 0. The Bertz CT molecular complexity index is 967. The molecule has 0 aliphatic carbocycles. The Balaban J connectivity index is 1.74. The molecule has 0 saturated heterocycles. The molecular formula is C21H15FN2O. The average molecular weight is 330 g/mol. The molecule has 25 heavy (non-hydrogen) atoms. The second kappa shape index (κ2) is 6.69. The zero-order valence-electron chi connectivity index (χ0n) is 13.3. The van der Waals surface area contributed by atoms with Crippen LogP contribution in [0, 0.1) is 0 Å². The molecule has 4 aromatic rings. The van der Waals surface area contributed by atoms with Gasteiger partial charge in [0.2, 0.25) is 0 Å². The fourth-order valence-corrected chi connectivity index (χ4v) is 2.80. The number of rotatable bonds is 4. The van der Waals surface area contributed by atoms with Gasteiger partial charge in [-0.05, 0) is 12.1 Å². The van der Waals surface area contributed by atoms with Crippen molar-refractivity contribution >= 4 is 0 Å². The number of hydrogen-bond donors (Lipinski definition) is 0. The van der Waals surface area contributed by atoms with E-state index in [0.29, 0.717) is 16.9 Å². The summed E-state index contributed by atoms with van der Waals surface area (Å²) in [7, 11) is 0. The van der Waals surface area contributed by atoms with Crippen molar-refractivity contribution in [3.63, 3.8) is 0 Å². The van der Waals surface area contributed by atoms with Crippen LogP contribution in [0.1, 0.15) is 17.3 Å². The standard InChI is InChI=1S/C21H15FN2O/c22-21(16-12-23-14-24-13-16)18-9-5-4-8-17(18)20-11-10-19(25-20)15-6-2-1-3-7-15/h1-14,21H. The highest BCUT2D eigenvalue weighted by molar-refractivity contribution is 5.68. The van der Waals surface area contributed by atoms with Crippen molar-refractivity contribution < 1.29 is 8.81 Å². The molecule has 2 aromatic heterocycles. The Morgan fingerprint density at radius 2 is 1.44 bits per heavy atom. The van der Waals surface area contributed by atoms with Crippen LogP contribution in [0.15, 0.2) is 89.9 Å². The van der Waals surface area contributed by atoms with E-state index in [4.69, 9.17) is 4.42 Å². The lowest BCUT2D eigenvalue weighted by Gasteiger charge is -2.12. The largest absolute Gasteiger partial charge is 0.456 e. The Morgan fingerprint density at radius 1 is 0.760 bits per heavy atom. The lowest BCUT2D eigenvalue weighted by atomic mass is 9.98. The molecule has 0 spiro atoms. The van der Waals surface area contributed by atoms with E-state index >= 15 is 4.39 Å². The van der Waals surface area contributed by atoms with Gasteiger partial charge >= 0.3 is 0 Å². The van der Waals surface area contributed by atoms with Gasteiger partial charge in [0.15, 0.2) is 6.17 Å². The summed E-state index contributed by atoms with van der Waals surface area (Å²) in [6.45, 7) is 0. The molecule has 4 rings (SSSR count). The molecule has 0 aliphatic heterocycles. The van der Waals surface area contributed by atoms with Gasteiger partial charge in [0.05, 0.1) is 0 Å². The Morgan fingerprint density at radius 3 is 2.24 bits per heavy atom. The van der Waals surface area contributed by atoms with E-state index in [2.05, 4.69) is 9.97 Å². The van der Waals surface area contributed by atoms with Gasteiger partial charge < -0.3 is 4.42 Å². The van der Waals surface area contributed by atoms with Gasteiger partial charge in [0, 0.05) is 34.6 Å². The highest BCUT2D eigenvalue weighted by Crippen LogP contribution is 2.36. The van der Waals surface area contributed by atoms with Gasteiger partial charge in [-0.2, -0.15) is 0 Å². The first-order chi connectivity index (χ1) is 12.3. The van der Waals surface area contributed by atoms with E-state index in [1.807, 2.05) is 60.7 Å². The van der Waals surface area contributed by atoms with Crippen LogP contribution in [0.25, 0.3) is 22.6 Å². The Labute approximate surface area is 144 Å². The summed E-state index contributed by atoms with van der Waals surface area (Å²) in [4.78, 5) is 7.81. The van der Waals surface area contributed by atoms with Gasteiger partial charge in [-0.1, -0.05) is 54.6 Å². The van der Waals surface area contributed by atoms with Crippen LogP contribution >= 0.6 is 0 Å². The number of alkyl halides is 1. The fourth-order valence-electron chi connectivity index (χ4n) is 2.80. The molecule has 0 bridgehead atoms. The normalized spacial score (nSPS) is 12.0. The first-order valence-corrected chi connectivity index (χ1v) is 7.96. The number of halogens is 1. The van der Waals surface area contributed by atoms with Crippen LogP contribution < -0.4 is 0 Å². The lowest BCUT2D eigenvalue weighted by molar-refractivity contribution is 0.400. The zero-order chi connectivity index (χ0) is 17.1. The van der Waals surface area contributed by atoms with E-state index in [-0.39, 0.29) is 0 Å². The summed E-state index contributed by atoms with van der Waals surface area (Å²) in [5.41, 5.74) is 2.66. The predicted molar refractivity (Wildman–Crippen MR) is 94.6 cm³/mol. The highest BCUT2D eigenvalue weighted by Gasteiger charge is 2.19. The number of benzene rings is 2.